The van der Waals surface area contributed by atoms with E-state index in [-0.39, 0.29) is 12.4 Å². The van der Waals surface area contributed by atoms with Crippen molar-refractivity contribution in [3.8, 4) is 0 Å². The topological polar surface area (TPSA) is 126 Å². The number of benzene rings is 1. The number of hydrogen-bond donors (Lipinski definition) is 4. The molecule has 29 heavy (non-hydrogen) atoms. The fourth-order valence-electron chi connectivity index (χ4n) is 3.23. The fraction of sp³-hybridized carbons (Fsp3) is 0.389. The van der Waals surface area contributed by atoms with E-state index in [0.717, 1.165) is 0 Å². The largest absolute Gasteiger partial charge is 0.394 e. The van der Waals surface area contributed by atoms with Crippen LogP contribution in [-0.2, 0) is 11.3 Å². The Kier molecular flexibility index (Phi) is 5.65. The van der Waals surface area contributed by atoms with Crippen molar-refractivity contribution < 1.29 is 24.4 Å². The van der Waals surface area contributed by atoms with Crippen LogP contribution in [0.1, 0.15) is 11.8 Å². The van der Waals surface area contributed by atoms with Crippen molar-refractivity contribution in [2.45, 2.75) is 36.2 Å². The Balaban J connectivity index is 1.69. The molecule has 0 aliphatic carbocycles. The summed E-state index contributed by atoms with van der Waals surface area (Å²) in [5.74, 6) is 0.0838. The molecule has 0 amide bonds. The van der Waals surface area contributed by atoms with Gasteiger partial charge in [-0.15, -0.1) is 0 Å². The van der Waals surface area contributed by atoms with Crippen molar-refractivity contribution in [2.75, 3.05) is 18.2 Å². The van der Waals surface area contributed by atoms with Gasteiger partial charge in [0.05, 0.1) is 12.9 Å². The Hall–Kier alpha value is -2.31. The smallest absolute Gasteiger partial charge is 0.191 e. The average Bonchev–Trinajstić information content (AvgIpc) is 3.28. The Bertz CT molecular complexity index is 1020. The minimum atomic E-state index is -1.26. The summed E-state index contributed by atoms with van der Waals surface area (Å²) in [5, 5.41) is 33.2. The third-order valence-electron chi connectivity index (χ3n) is 4.78. The molecule has 9 nitrogen and oxygen atoms in total. The van der Waals surface area contributed by atoms with Gasteiger partial charge in [-0.3, -0.25) is 4.57 Å². The quantitative estimate of drug-likeness (QED) is 0.339. The summed E-state index contributed by atoms with van der Waals surface area (Å²) in [4.78, 5) is 13.2. The van der Waals surface area contributed by atoms with Crippen molar-refractivity contribution in [1.29, 1.82) is 0 Å². The highest BCUT2D eigenvalue weighted by molar-refractivity contribution is 7.98. The third-order valence-corrected chi connectivity index (χ3v) is 5.33. The van der Waals surface area contributed by atoms with Gasteiger partial charge in [-0.2, -0.15) is 0 Å². The van der Waals surface area contributed by atoms with Gasteiger partial charge in [-0.05, 0) is 12.3 Å². The van der Waals surface area contributed by atoms with Crippen LogP contribution in [0.3, 0.4) is 0 Å². The van der Waals surface area contributed by atoms with Crippen LogP contribution in [0.4, 0.5) is 10.2 Å². The summed E-state index contributed by atoms with van der Waals surface area (Å²) in [6, 6.07) is 6.43. The first-order valence-electron chi connectivity index (χ1n) is 8.91. The molecule has 0 spiro atoms. The summed E-state index contributed by atoms with van der Waals surface area (Å²) in [6.07, 6.45) is -1.12. The van der Waals surface area contributed by atoms with Crippen LogP contribution in [0.5, 0.6) is 0 Å². The molecule has 3 heterocycles. The van der Waals surface area contributed by atoms with Crippen LogP contribution in [0.2, 0.25) is 0 Å². The Morgan fingerprint density at radius 2 is 2.03 bits per heavy atom. The van der Waals surface area contributed by atoms with Gasteiger partial charge in [0.15, 0.2) is 28.4 Å². The van der Waals surface area contributed by atoms with Crippen LogP contribution in [0.25, 0.3) is 11.2 Å². The zero-order valence-corrected chi connectivity index (χ0v) is 16.3. The van der Waals surface area contributed by atoms with Gasteiger partial charge in [-0.1, -0.05) is 30.0 Å². The van der Waals surface area contributed by atoms with Gasteiger partial charge >= 0.3 is 0 Å². The lowest BCUT2D eigenvalue weighted by atomic mass is 10.1. The maximum atomic E-state index is 13.9. The SMILES string of the molecule is CSc1nc(NCc2ccccc2F)c2ncn([C@@H]3O[C@H](CO)[C@@H](O)[C@H]3O)c2n1. The number of fused-ring (bicyclic) bond motifs is 1. The molecule has 1 aromatic carbocycles. The zero-order chi connectivity index (χ0) is 20.5. The number of thioether (sulfide) groups is 1. The van der Waals surface area contributed by atoms with E-state index < -0.39 is 31.1 Å². The number of aliphatic hydroxyl groups excluding tert-OH is 3. The number of aliphatic hydroxyl groups is 3. The summed E-state index contributed by atoms with van der Waals surface area (Å²) in [6.45, 7) is -0.227. The van der Waals surface area contributed by atoms with Crippen LogP contribution in [0.15, 0.2) is 35.7 Å². The fourth-order valence-corrected chi connectivity index (χ4v) is 3.59. The standard InChI is InChI=1S/C18H20FN5O4S/c1-29-18-22-15(20-6-9-4-2-3-5-10(9)19)12-16(23-18)24(8-21-12)17-14(27)13(26)11(7-25)28-17/h2-5,8,11,13-14,17,25-27H,6-7H2,1H3,(H,20,22,23)/t11-,13-,14-,17-/m1/s1. The molecular weight excluding hydrogens is 401 g/mol. The van der Waals surface area contributed by atoms with Crippen LogP contribution < -0.4 is 5.32 Å². The number of imidazole rings is 1. The summed E-state index contributed by atoms with van der Waals surface area (Å²) in [7, 11) is 0. The normalized spacial score (nSPS) is 24.3. The molecule has 11 heteroatoms. The van der Waals surface area contributed by atoms with E-state index >= 15 is 0 Å². The number of aromatic nitrogens is 4. The number of anilines is 1. The zero-order valence-electron chi connectivity index (χ0n) is 15.4. The minimum absolute atomic E-state index is 0.202. The number of hydrogen-bond acceptors (Lipinski definition) is 9. The highest BCUT2D eigenvalue weighted by Crippen LogP contribution is 2.33. The molecular formula is C18H20FN5O4S. The second-order valence-electron chi connectivity index (χ2n) is 6.56. The molecule has 4 rings (SSSR count). The minimum Gasteiger partial charge on any atom is -0.394 e. The van der Waals surface area contributed by atoms with E-state index in [1.54, 1.807) is 18.2 Å². The molecule has 0 radical (unpaired) electrons. The molecule has 0 bridgehead atoms. The lowest BCUT2D eigenvalue weighted by Crippen LogP contribution is -2.33. The Morgan fingerprint density at radius 3 is 2.72 bits per heavy atom. The highest BCUT2D eigenvalue weighted by Gasteiger charge is 2.44. The van der Waals surface area contributed by atoms with Crippen molar-refractivity contribution >= 4 is 28.7 Å². The molecule has 0 unspecified atom stereocenters. The number of halogens is 1. The van der Waals surface area contributed by atoms with Gasteiger partial charge in [0.1, 0.15) is 24.1 Å². The van der Waals surface area contributed by atoms with E-state index in [2.05, 4.69) is 20.3 Å². The van der Waals surface area contributed by atoms with Gasteiger partial charge in [-0.25, -0.2) is 19.3 Å². The van der Waals surface area contributed by atoms with E-state index in [4.69, 9.17) is 4.74 Å². The van der Waals surface area contributed by atoms with Crippen molar-refractivity contribution in [2.24, 2.45) is 0 Å². The predicted molar refractivity (Wildman–Crippen MR) is 104 cm³/mol. The van der Waals surface area contributed by atoms with Crippen LogP contribution >= 0.6 is 11.8 Å². The molecule has 1 fully saturated rings. The number of ether oxygens (including phenoxy) is 1. The molecule has 154 valence electrons. The van der Waals surface area contributed by atoms with E-state index in [9.17, 15) is 19.7 Å². The summed E-state index contributed by atoms with van der Waals surface area (Å²) in [5.41, 5.74) is 1.28. The highest BCUT2D eigenvalue weighted by atomic mass is 32.2. The van der Waals surface area contributed by atoms with Crippen LogP contribution in [0, 0.1) is 5.82 Å². The number of nitrogens with zero attached hydrogens (tertiary/aromatic N) is 4. The number of nitrogens with one attached hydrogen (secondary N) is 1. The van der Waals surface area contributed by atoms with Gasteiger partial charge in [0.25, 0.3) is 0 Å². The Labute approximate surface area is 169 Å². The molecule has 1 aliphatic rings. The molecule has 0 saturated carbocycles. The van der Waals surface area contributed by atoms with Gasteiger partial charge in [0.2, 0.25) is 0 Å². The molecule has 4 atom stereocenters. The van der Waals surface area contributed by atoms with E-state index in [0.29, 0.717) is 27.7 Å². The average molecular weight is 421 g/mol. The molecule has 4 N–H and O–H groups in total. The third kappa shape index (κ3) is 3.67. The lowest BCUT2D eigenvalue weighted by Gasteiger charge is -2.17. The second-order valence-corrected chi connectivity index (χ2v) is 7.33. The first kappa shape index (κ1) is 20.0. The monoisotopic (exact) mass is 421 g/mol. The van der Waals surface area contributed by atoms with E-state index in [1.807, 2.05) is 6.26 Å². The van der Waals surface area contributed by atoms with Gasteiger partial charge in [0, 0.05) is 12.1 Å². The summed E-state index contributed by atoms with van der Waals surface area (Å²) >= 11 is 1.31. The van der Waals surface area contributed by atoms with Crippen molar-refractivity contribution in [3.63, 3.8) is 0 Å². The molecule has 1 saturated heterocycles. The molecule has 2 aromatic heterocycles. The van der Waals surface area contributed by atoms with E-state index in [1.165, 1.54) is 28.7 Å². The van der Waals surface area contributed by atoms with Gasteiger partial charge < -0.3 is 25.4 Å². The lowest BCUT2D eigenvalue weighted by molar-refractivity contribution is -0.0511. The first-order chi connectivity index (χ1) is 14.0. The predicted octanol–water partition coefficient (Wildman–Crippen LogP) is 0.911. The summed E-state index contributed by atoms with van der Waals surface area (Å²) < 4.78 is 21.0. The second kappa shape index (κ2) is 8.20. The first-order valence-corrected chi connectivity index (χ1v) is 10.1. The number of rotatable bonds is 6. The maximum absolute atomic E-state index is 13.9. The molecule has 3 aromatic rings. The maximum Gasteiger partial charge on any atom is 0.191 e. The Morgan fingerprint density at radius 1 is 1.24 bits per heavy atom. The molecule has 1 aliphatic heterocycles. The van der Waals surface area contributed by atoms with Crippen molar-refractivity contribution in [3.05, 3.63) is 42.0 Å². The van der Waals surface area contributed by atoms with Crippen molar-refractivity contribution in [1.82, 2.24) is 19.5 Å². The van der Waals surface area contributed by atoms with Crippen LogP contribution in [-0.4, -0.2) is 66.0 Å².